The number of carbonyl (C=O) groups excluding carboxylic acids is 2. The number of halogens is 1. The molecule has 0 aliphatic heterocycles. The Labute approximate surface area is 128 Å². The SMILES string of the molecule is CCN(CC)C(=O)CCCC(=O)NC(CN)C1CC1.Cl. The summed E-state index contributed by atoms with van der Waals surface area (Å²) in [6.45, 7) is 5.91. The Morgan fingerprint density at radius 1 is 1.25 bits per heavy atom. The minimum absolute atomic E-state index is 0. The van der Waals surface area contributed by atoms with Gasteiger partial charge in [0.15, 0.2) is 0 Å². The molecular formula is C14H28ClN3O2. The second-order valence-corrected chi connectivity index (χ2v) is 5.17. The van der Waals surface area contributed by atoms with Crippen molar-refractivity contribution in [2.45, 2.75) is 52.0 Å². The zero-order valence-electron chi connectivity index (χ0n) is 12.6. The second-order valence-electron chi connectivity index (χ2n) is 5.17. The molecule has 6 heteroatoms. The van der Waals surface area contributed by atoms with Crippen LogP contribution in [0.3, 0.4) is 0 Å². The summed E-state index contributed by atoms with van der Waals surface area (Å²) in [5.74, 6) is 0.733. The van der Waals surface area contributed by atoms with Gasteiger partial charge in [0, 0.05) is 38.5 Å². The Morgan fingerprint density at radius 2 is 1.85 bits per heavy atom. The second kappa shape index (κ2) is 10.00. The first-order valence-electron chi connectivity index (χ1n) is 7.39. The van der Waals surface area contributed by atoms with Crippen LogP contribution in [0.1, 0.15) is 46.0 Å². The topological polar surface area (TPSA) is 75.4 Å². The number of amides is 2. The van der Waals surface area contributed by atoms with E-state index in [-0.39, 0.29) is 30.3 Å². The van der Waals surface area contributed by atoms with Crippen molar-refractivity contribution in [2.75, 3.05) is 19.6 Å². The van der Waals surface area contributed by atoms with Gasteiger partial charge in [-0.1, -0.05) is 0 Å². The fourth-order valence-corrected chi connectivity index (χ4v) is 2.28. The number of rotatable bonds is 9. The average molecular weight is 306 g/mol. The van der Waals surface area contributed by atoms with Crippen molar-refractivity contribution in [3.63, 3.8) is 0 Å². The summed E-state index contributed by atoms with van der Waals surface area (Å²) in [7, 11) is 0. The predicted octanol–water partition coefficient (Wildman–Crippen LogP) is 1.30. The highest BCUT2D eigenvalue weighted by molar-refractivity contribution is 5.85. The van der Waals surface area contributed by atoms with Gasteiger partial charge in [0.2, 0.25) is 11.8 Å². The van der Waals surface area contributed by atoms with Gasteiger partial charge in [-0.3, -0.25) is 9.59 Å². The Morgan fingerprint density at radius 3 is 2.30 bits per heavy atom. The van der Waals surface area contributed by atoms with Gasteiger partial charge in [-0.15, -0.1) is 12.4 Å². The van der Waals surface area contributed by atoms with Gasteiger partial charge >= 0.3 is 0 Å². The molecule has 0 aromatic heterocycles. The summed E-state index contributed by atoms with van der Waals surface area (Å²) >= 11 is 0. The van der Waals surface area contributed by atoms with Crippen molar-refractivity contribution >= 4 is 24.2 Å². The van der Waals surface area contributed by atoms with E-state index in [1.54, 1.807) is 4.90 Å². The van der Waals surface area contributed by atoms with Gasteiger partial charge in [-0.25, -0.2) is 0 Å². The maximum Gasteiger partial charge on any atom is 0.222 e. The van der Waals surface area contributed by atoms with Gasteiger partial charge in [-0.2, -0.15) is 0 Å². The lowest BCUT2D eigenvalue weighted by molar-refractivity contribution is -0.131. The molecule has 0 aromatic carbocycles. The summed E-state index contributed by atoms with van der Waals surface area (Å²) in [6, 6.07) is 0.131. The minimum Gasteiger partial charge on any atom is -0.352 e. The summed E-state index contributed by atoms with van der Waals surface area (Å²) in [6.07, 6.45) is 3.82. The van der Waals surface area contributed by atoms with E-state index >= 15 is 0 Å². The summed E-state index contributed by atoms with van der Waals surface area (Å²) in [5.41, 5.74) is 5.64. The number of nitrogens with zero attached hydrogens (tertiary/aromatic N) is 1. The van der Waals surface area contributed by atoms with Crippen LogP contribution in [0.15, 0.2) is 0 Å². The predicted molar refractivity (Wildman–Crippen MR) is 82.7 cm³/mol. The molecule has 1 rings (SSSR count). The molecule has 1 saturated carbocycles. The lowest BCUT2D eigenvalue weighted by atomic mass is 10.1. The van der Waals surface area contributed by atoms with Crippen LogP contribution in [-0.4, -0.2) is 42.4 Å². The molecule has 20 heavy (non-hydrogen) atoms. The Hall–Kier alpha value is -0.810. The van der Waals surface area contributed by atoms with Gasteiger partial charge in [0.25, 0.3) is 0 Å². The molecule has 1 atom stereocenters. The highest BCUT2D eigenvalue weighted by Crippen LogP contribution is 2.32. The highest BCUT2D eigenvalue weighted by Gasteiger charge is 2.31. The fourth-order valence-electron chi connectivity index (χ4n) is 2.28. The molecule has 1 fully saturated rings. The minimum atomic E-state index is 0. The van der Waals surface area contributed by atoms with Crippen molar-refractivity contribution in [3.05, 3.63) is 0 Å². The summed E-state index contributed by atoms with van der Waals surface area (Å²) < 4.78 is 0. The molecule has 1 aliphatic carbocycles. The van der Waals surface area contributed by atoms with Gasteiger partial charge in [-0.05, 0) is 39.0 Å². The lowest BCUT2D eigenvalue weighted by Crippen LogP contribution is -2.41. The molecule has 1 unspecified atom stereocenters. The quantitative estimate of drug-likeness (QED) is 0.674. The van der Waals surface area contributed by atoms with E-state index in [1.807, 2.05) is 13.8 Å². The Balaban J connectivity index is 0.00000361. The van der Waals surface area contributed by atoms with E-state index in [4.69, 9.17) is 5.73 Å². The van der Waals surface area contributed by atoms with E-state index in [1.165, 1.54) is 12.8 Å². The third-order valence-corrected chi connectivity index (χ3v) is 3.70. The molecule has 0 bridgehead atoms. The molecule has 0 radical (unpaired) electrons. The van der Waals surface area contributed by atoms with Crippen molar-refractivity contribution in [1.82, 2.24) is 10.2 Å². The standard InChI is InChI=1S/C14H27N3O2.ClH/c1-3-17(4-2)14(19)7-5-6-13(18)16-12(10-15)11-8-9-11;/h11-12H,3-10,15H2,1-2H3,(H,16,18);1H. The van der Waals surface area contributed by atoms with Crippen LogP contribution in [0.2, 0.25) is 0 Å². The lowest BCUT2D eigenvalue weighted by Gasteiger charge is -2.19. The molecule has 0 spiro atoms. The first-order valence-corrected chi connectivity index (χ1v) is 7.39. The van der Waals surface area contributed by atoms with Crippen LogP contribution < -0.4 is 11.1 Å². The molecule has 0 aromatic rings. The summed E-state index contributed by atoms with van der Waals surface area (Å²) in [5, 5.41) is 2.97. The third-order valence-electron chi connectivity index (χ3n) is 3.70. The average Bonchev–Trinajstić information content (AvgIpc) is 3.21. The van der Waals surface area contributed by atoms with Gasteiger partial charge in [0.05, 0.1) is 0 Å². The fraction of sp³-hybridized carbons (Fsp3) is 0.857. The largest absolute Gasteiger partial charge is 0.352 e. The van der Waals surface area contributed by atoms with Crippen molar-refractivity contribution in [2.24, 2.45) is 11.7 Å². The van der Waals surface area contributed by atoms with E-state index in [0.717, 1.165) is 13.1 Å². The number of nitrogens with one attached hydrogen (secondary N) is 1. The van der Waals surface area contributed by atoms with Gasteiger partial charge in [0.1, 0.15) is 0 Å². The van der Waals surface area contributed by atoms with Crippen LogP contribution >= 0.6 is 12.4 Å². The van der Waals surface area contributed by atoms with E-state index in [0.29, 0.717) is 31.7 Å². The molecule has 2 amide bonds. The maximum atomic E-state index is 11.8. The number of hydrogen-bond acceptors (Lipinski definition) is 3. The summed E-state index contributed by atoms with van der Waals surface area (Å²) in [4.78, 5) is 25.3. The molecule has 1 aliphatic rings. The molecule has 5 nitrogen and oxygen atoms in total. The van der Waals surface area contributed by atoms with Crippen LogP contribution in [-0.2, 0) is 9.59 Å². The van der Waals surface area contributed by atoms with Crippen LogP contribution in [0.5, 0.6) is 0 Å². The van der Waals surface area contributed by atoms with Crippen molar-refractivity contribution < 1.29 is 9.59 Å². The number of carbonyl (C=O) groups is 2. The molecule has 0 heterocycles. The zero-order chi connectivity index (χ0) is 14.3. The molecule has 3 N–H and O–H groups in total. The Bertz CT molecular complexity index is 305. The van der Waals surface area contributed by atoms with E-state index < -0.39 is 0 Å². The zero-order valence-corrected chi connectivity index (χ0v) is 13.4. The van der Waals surface area contributed by atoms with Gasteiger partial charge < -0.3 is 16.0 Å². The van der Waals surface area contributed by atoms with E-state index in [2.05, 4.69) is 5.32 Å². The van der Waals surface area contributed by atoms with Crippen LogP contribution in [0, 0.1) is 5.92 Å². The number of hydrogen-bond donors (Lipinski definition) is 2. The monoisotopic (exact) mass is 305 g/mol. The molecule has 0 saturated heterocycles. The molecular weight excluding hydrogens is 278 g/mol. The first kappa shape index (κ1) is 19.2. The van der Waals surface area contributed by atoms with Crippen LogP contribution in [0.25, 0.3) is 0 Å². The van der Waals surface area contributed by atoms with Crippen molar-refractivity contribution in [3.8, 4) is 0 Å². The number of nitrogens with two attached hydrogens (primary N) is 1. The normalized spacial score (nSPS) is 15.2. The van der Waals surface area contributed by atoms with E-state index in [9.17, 15) is 9.59 Å². The van der Waals surface area contributed by atoms with Crippen molar-refractivity contribution in [1.29, 1.82) is 0 Å². The smallest absolute Gasteiger partial charge is 0.222 e. The Kier molecular flexibility index (Phi) is 9.59. The highest BCUT2D eigenvalue weighted by atomic mass is 35.5. The third kappa shape index (κ3) is 6.57. The first-order chi connectivity index (χ1) is 9.12. The molecule has 118 valence electrons. The maximum absolute atomic E-state index is 11.8. The van der Waals surface area contributed by atoms with Crippen LogP contribution in [0.4, 0.5) is 0 Å².